The molecule has 1 atom stereocenters. The van der Waals surface area contributed by atoms with E-state index in [0.29, 0.717) is 16.5 Å². The summed E-state index contributed by atoms with van der Waals surface area (Å²) in [4.78, 5) is 0. The van der Waals surface area contributed by atoms with Crippen molar-refractivity contribution in [1.29, 1.82) is 0 Å². The third-order valence-corrected chi connectivity index (χ3v) is 4.28. The lowest BCUT2D eigenvalue weighted by Gasteiger charge is -2.32. The lowest BCUT2D eigenvalue weighted by Crippen LogP contribution is -2.37. The molecule has 2 rings (SSSR count). The molecule has 1 aromatic carbocycles. The Morgan fingerprint density at radius 1 is 1.32 bits per heavy atom. The van der Waals surface area contributed by atoms with Crippen molar-refractivity contribution >= 4 is 23.2 Å². The number of rotatable bonds is 3. The van der Waals surface area contributed by atoms with Crippen LogP contribution in [0.4, 0.5) is 4.39 Å². The molecule has 0 radical (unpaired) electrons. The number of benzene rings is 1. The first kappa shape index (κ1) is 15.0. The predicted octanol–water partition coefficient (Wildman–Crippen LogP) is 4.12. The summed E-state index contributed by atoms with van der Waals surface area (Å²) < 4.78 is 18.9. The number of halogens is 3. The Labute approximate surface area is 123 Å². The van der Waals surface area contributed by atoms with Crippen LogP contribution in [0.1, 0.15) is 31.7 Å². The maximum atomic E-state index is 13.6. The second kappa shape index (κ2) is 5.96. The van der Waals surface area contributed by atoms with Crippen LogP contribution in [0, 0.1) is 11.7 Å². The zero-order chi connectivity index (χ0) is 14.0. The van der Waals surface area contributed by atoms with E-state index in [4.69, 9.17) is 33.7 Å². The summed E-state index contributed by atoms with van der Waals surface area (Å²) >= 11 is 11.9. The number of nitrogens with two attached hydrogens (primary N) is 1. The fourth-order valence-corrected chi connectivity index (χ4v) is 3.22. The van der Waals surface area contributed by atoms with Crippen LogP contribution in [-0.2, 0) is 10.3 Å². The third-order valence-electron chi connectivity index (χ3n) is 3.68. The van der Waals surface area contributed by atoms with E-state index in [1.54, 1.807) is 0 Å². The van der Waals surface area contributed by atoms with Gasteiger partial charge in [-0.05, 0) is 49.8 Å². The van der Waals surface area contributed by atoms with Crippen molar-refractivity contribution in [3.63, 3.8) is 0 Å². The van der Waals surface area contributed by atoms with Gasteiger partial charge in [0.05, 0.1) is 5.02 Å². The highest BCUT2D eigenvalue weighted by Gasteiger charge is 2.29. The second-order valence-corrected chi connectivity index (χ2v) is 6.24. The molecule has 1 saturated heterocycles. The Bertz CT molecular complexity index is 459. The highest BCUT2D eigenvalue weighted by Crippen LogP contribution is 2.36. The summed E-state index contributed by atoms with van der Waals surface area (Å²) in [7, 11) is 0. The molecule has 2 nitrogen and oxygen atoms in total. The van der Waals surface area contributed by atoms with Crippen LogP contribution >= 0.6 is 23.2 Å². The molecule has 0 bridgehead atoms. The molecule has 1 aromatic rings. The van der Waals surface area contributed by atoms with Crippen LogP contribution in [0.5, 0.6) is 0 Å². The van der Waals surface area contributed by atoms with E-state index in [1.807, 2.05) is 6.92 Å². The van der Waals surface area contributed by atoms with Crippen molar-refractivity contribution < 1.29 is 9.13 Å². The molecular formula is C14H18Cl2FNO. The van der Waals surface area contributed by atoms with Crippen molar-refractivity contribution in [3.8, 4) is 0 Å². The first-order chi connectivity index (χ1) is 8.90. The van der Waals surface area contributed by atoms with Gasteiger partial charge in [0.25, 0.3) is 0 Å². The fraction of sp³-hybridized carbons (Fsp3) is 0.571. The normalized spacial score (nSPS) is 20.3. The second-order valence-electron chi connectivity index (χ2n) is 5.42. The summed E-state index contributed by atoms with van der Waals surface area (Å²) in [6.07, 6.45) is 2.73. The summed E-state index contributed by atoms with van der Waals surface area (Å²) in [5.41, 5.74) is 6.30. The Balaban J connectivity index is 2.20. The van der Waals surface area contributed by atoms with Crippen molar-refractivity contribution in [3.05, 3.63) is 33.6 Å². The van der Waals surface area contributed by atoms with E-state index >= 15 is 0 Å². The van der Waals surface area contributed by atoms with Crippen LogP contribution in [0.2, 0.25) is 10.0 Å². The Kier molecular flexibility index (Phi) is 4.72. The van der Waals surface area contributed by atoms with Crippen molar-refractivity contribution in [2.24, 2.45) is 11.7 Å². The van der Waals surface area contributed by atoms with Gasteiger partial charge in [-0.2, -0.15) is 0 Å². The van der Waals surface area contributed by atoms with Crippen LogP contribution in [-0.4, -0.2) is 13.2 Å². The number of hydrogen-bond donors (Lipinski definition) is 1. The number of ether oxygens (including phenoxy) is 1. The highest BCUT2D eigenvalue weighted by atomic mass is 35.5. The maximum absolute atomic E-state index is 13.6. The minimum atomic E-state index is -0.662. The average Bonchev–Trinajstić information content (AvgIpc) is 2.34. The molecule has 0 saturated carbocycles. The molecule has 106 valence electrons. The quantitative estimate of drug-likeness (QED) is 0.852. The van der Waals surface area contributed by atoms with E-state index in [-0.39, 0.29) is 5.02 Å². The summed E-state index contributed by atoms with van der Waals surface area (Å²) in [5.74, 6) is 0.00303. The van der Waals surface area contributed by atoms with Crippen molar-refractivity contribution in [2.75, 3.05) is 13.2 Å². The van der Waals surface area contributed by atoms with Gasteiger partial charge in [0.15, 0.2) is 0 Å². The lowest BCUT2D eigenvalue weighted by molar-refractivity contribution is 0.0570. The monoisotopic (exact) mass is 305 g/mol. The summed E-state index contributed by atoms with van der Waals surface area (Å²) in [6.45, 7) is 3.42. The molecular weight excluding hydrogens is 288 g/mol. The minimum absolute atomic E-state index is 0.0237. The molecule has 1 aliphatic heterocycles. The van der Waals surface area contributed by atoms with E-state index in [9.17, 15) is 4.39 Å². The maximum Gasteiger partial charge on any atom is 0.142 e. The molecule has 1 heterocycles. The number of hydrogen-bond acceptors (Lipinski definition) is 2. The zero-order valence-electron chi connectivity index (χ0n) is 10.9. The third kappa shape index (κ3) is 3.60. The van der Waals surface area contributed by atoms with Crippen LogP contribution in [0.25, 0.3) is 0 Å². The van der Waals surface area contributed by atoms with E-state index in [1.165, 1.54) is 12.1 Å². The van der Waals surface area contributed by atoms with Gasteiger partial charge >= 0.3 is 0 Å². The van der Waals surface area contributed by atoms with Gasteiger partial charge < -0.3 is 10.5 Å². The van der Waals surface area contributed by atoms with Crippen molar-refractivity contribution in [1.82, 2.24) is 0 Å². The molecule has 5 heteroatoms. The van der Waals surface area contributed by atoms with Gasteiger partial charge in [-0.25, -0.2) is 4.39 Å². The average molecular weight is 306 g/mol. The Morgan fingerprint density at radius 3 is 2.58 bits per heavy atom. The molecule has 0 aliphatic carbocycles. The Hall–Kier alpha value is -0.350. The minimum Gasteiger partial charge on any atom is -0.381 e. The van der Waals surface area contributed by atoms with Gasteiger partial charge in [0, 0.05) is 23.8 Å². The van der Waals surface area contributed by atoms with Crippen LogP contribution in [0.15, 0.2) is 12.1 Å². The van der Waals surface area contributed by atoms with E-state index in [2.05, 4.69) is 0 Å². The van der Waals surface area contributed by atoms with E-state index < -0.39 is 11.4 Å². The van der Waals surface area contributed by atoms with Crippen LogP contribution in [0.3, 0.4) is 0 Å². The fourth-order valence-electron chi connectivity index (χ4n) is 2.62. The van der Waals surface area contributed by atoms with Gasteiger partial charge in [-0.3, -0.25) is 0 Å². The largest absolute Gasteiger partial charge is 0.381 e. The van der Waals surface area contributed by atoms with Gasteiger partial charge in [-0.15, -0.1) is 0 Å². The first-order valence-corrected chi connectivity index (χ1v) is 7.17. The zero-order valence-corrected chi connectivity index (χ0v) is 12.4. The lowest BCUT2D eigenvalue weighted by atomic mass is 9.81. The predicted molar refractivity (Wildman–Crippen MR) is 76.1 cm³/mol. The molecule has 0 amide bonds. The standard InChI is InChI=1S/C14H18Cl2FNO/c1-14(18,8-9-2-4-19-5-3-9)10-6-13(17)12(16)7-11(10)15/h6-7,9H,2-5,8,18H2,1H3. The SMILES string of the molecule is CC(N)(CC1CCOCC1)c1cc(F)c(Cl)cc1Cl. The molecule has 0 spiro atoms. The smallest absolute Gasteiger partial charge is 0.142 e. The van der Waals surface area contributed by atoms with Gasteiger partial charge in [0.2, 0.25) is 0 Å². The molecule has 1 fully saturated rings. The molecule has 2 N–H and O–H groups in total. The first-order valence-electron chi connectivity index (χ1n) is 6.42. The summed E-state index contributed by atoms with van der Waals surface area (Å²) in [6, 6.07) is 2.77. The van der Waals surface area contributed by atoms with E-state index in [0.717, 1.165) is 32.5 Å². The van der Waals surface area contributed by atoms with Crippen molar-refractivity contribution in [2.45, 2.75) is 31.7 Å². The molecule has 0 aromatic heterocycles. The molecule has 1 unspecified atom stereocenters. The topological polar surface area (TPSA) is 35.2 Å². The molecule has 19 heavy (non-hydrogen) atoms. The van der Waals surface area contributed by atoms with Gasteiger partial charge in [0.1, 0.15) is 5.82 Å². The van der Waals surface area contributed by atoms with Crippen LogP contribution < -0.4 is 5.73 Å². The molecule has 1 aliphatic rings. The summed E-state index contributed by atoms with van der Waals surface area (Å²) in [5, 5.41) is 0.444. The Morgan fingerprint density at radius 2 is 1.95 bits per heavy atom. The highest BCUT2D eigenvalue weighted by molar-refractivity contribution is 6.35. The van der Waals surface area contributed by atoms with Gasteiger partial charge in [-0.1, -0.05) is 23.2 Å².